The van der Waals surface area contributed by atoms with Crippen molar-refractivity contribution in [3.63, 3.8) is 0 Å². The molecule has 3 spiro atoms. The van der Waals surface area contributed by atoms with Gasteiger partial charge in [0.1, 0.15) is 28.4 Å². The van der Waals surface area contributed by atoms with E-state index < -0.39 is 22.8 Å². The third kappa shape index (κ3) is 13.2. The number of carbonyl (C=O) groups is 6. The molecule has 464 valence electrons. The number of H-pyrrole nitrogens is 3. The molecule has 5 aromatic carbocycles. The third-order valence-electron chi connectivity index (χ3n) is 19.3. The maximum atomic E-state index is 14.2. The Kier molecular flexibility index (Phi) is 17.0. The number of piperidine rings is 4. The lowest BCUT2D eigenvalue weighted by Gasteiger charge is -2.54. The first-order chi connectivity index (χ1) is 42.5. The van der Waals surface area contributed by atoms with Crippen LogP contribution < -0.4 is 5.32 Å². The summed E-state index contributed by atoms with van der Waals surface area (Å²) in [6, 6.07) is 34.1. The summed E-state index contributed by atoms with van der Waals surface area (Å²) in [5.74, 6) is -5.03. The van der Waals surface area contributed by atoms with E-state index in [2.05, 4.69) is 56.4 Å². The number of benzene rings is 5. The van der Waals surface area contributed by atoms with Crippen LogP contribution in [0.2, 0.25) is 15.1 Å². The fourth-order valence-electron chi connectivity index (χ4n) is 13.8. The van der Waals surface area contributed by atoms with Crippen LogP contribution in [0, 0.1) is 23.6 Å². The highest BCUT2D eigenvalue weighted by molar-refractivity contribution is 6.32. The number of hydrogen-bond donors (Lipinski definition) is 4. The zero-order valence-electron chi connectivity index (χ0n) is 49.6. The Hall–Kier alpha value is -7.64. The molecule has 21 heteroatoms. The van der Waals surface area contributed by atoms with E-state index in [9.17, 15) is 41.9 Å². The van der Waals surface area contributed by atoms with E-state index in [-0.39, 0.29) is 52.7 Å². The van der Waals surface area contributed by atoms with Gasteiger partial charge in [0, 0.05) is 125 Å². The second kappa shape index (κ2) is 24.6. The van der Waals surface area contributed by atoms with Gasteiger partial charge in [-0.15, -0.1) is 0 Å². The van der Waals surface area contributed by atoms with Crippen LogP contribution in [0.25, 0.3) is 32.7 Å². The van der Waals surface area contributed by atoms with E-state index in [0.29, 0.717) is 96.6 Å². The number of likely N-dealkylation sites (tertiary alicyclic amines) is 5. The number of carbonyl (C=O) groups excluding carboxylic acids is 6. The number of Topliss-reactive ketones (excluding diaryl/α,β-unsaturated/α-hetero) is 1. The summed E-state index contributed by atoms with van der Waals surface area (Å²) in [6.45, 7) is 11.0. The molecule has 15 nitrogen and oxygen atoms in total. The number of rotatable bonds is 7. The Labute approximate surface area is 528 Å². The van der Waals surface area contributed by atoms with Gasteiger partial charge in [0.05, 0.1) is 12.0 Å². The van der Waals surface area contributed by atoms with Crippen molar-refractivity contribution in [2.75, 3.05) is 65.4 Å². The number of alkyl halides is 2. The van der Waals surface area contributed by atoms with Gasteiger partial charge in [0.2, 0.25) is 5.91 Å². The van der Waals surface area contributed by atoms with E-state index in [1.54, 1.807) is 28.0 Å². The zero-order valence-corrected chi connectivity index (χ0v) is 51.8. The number of ketones is 1. The van der Waals surface area contributed by atoms with Crippen molar-refractivity contribution < 1.29 is 41.9 Å². The summed E-state index contributed by atoms with van der Waals surface area (Å²) >= 11 is 18.1. The molecule has 0 atom stereocenters. The van der Waals surface area contributed by atoms with Crippen molar-refractivity contribution in [2.45, 2.75) is 89.6 Å². The molecule has 0 saturated carbocycles. The normalized spacial score (nSPS) is 18.9. The number of halogens is 6. The Bertz CT molecular complexity index is 4040. The van der Waals surface area contributed by atoms with Crippen molar-refractivity contribution in [1.82, 2.24) is 44.8 Å². The van der Waals surface area contributed by atoms with Crippen LogP contribution in [0.1, 0.15) is 123 Å². The second-order valence-corrected chi connectivity index (χ2v) is 26.7. The molecule has 6 saturated heterocycles. The van der Waals surface area contributed by atoms with Gasteiger partial charge in [-0.05, 0) is 173 Å². The Balaban J connectivity index is 0.000000132. The van der Waals surface area contributed by atoms with E-state index in [4.69, 9.17) is 34.8 Å². The zero-order chi connectivity index (χ0) is 62.6. The van der Waals surface area contributed by atoms with Crippen LogP contribution in [0.4, 0.5) is 13.2 Å². The Morgan fingerprint density at radius 2 is 0.944 bits per heavy atom. The number of aromatic nitrogens is 3. The van der Waals surface area contributed by atoms with Crippen molar-refractivity contribution in [3.8, 4) is 0 Å². The standard InChI is InChI=1S/C27H27ClF3N3O2.C24H26ClN3O.C17H16ClN3O3/c1-26(30,31)20-4-2-17(15-21(20)29)24(35)33-10-6-27(7-11-33)8-12-34(13-9-27)25(36)23-16-18-14-19(28)3-5-22(18)32-23;1-17-2-4-18(5-3-17)14-27-10-8-24(9-11-27)15-28(16-24)23(29)22-13-19-12-20(25)6-7-21(19)26-22;18-11-1-2-12-10(7-11)8-13(19-12)16(24)21-5-3-17(4-6-21)14(22)9-15(23)20-17/h2-5,14-16,32H,6-13H2,1H3;2-7,12-13,26H,8-11,14-16H2,1H3;1-2,7-8,19H,3-6,9H2,(H,20,23). The predicted molar refractivity (Wildman–Crippen MR) is 338 cm³/mol. The summed E-state index contributed by atoms with van der Waals surface area (Å²) in [5.41, 5.74) is 6.06. The van der Waals surface area contributed by atoms with Crippen molar-refractivity contribution in [1.29, 1.82) is 0 Å². The first-order valence-electron chi connectivity index (χ1n) is 30.3. The average molecular weight is 1270 g/mol. The molecule has 6 aliphatic rings. The SMILES string of the molecule is CC(F)(F)c1ccc(C(=O)N2CCC3(CC2)CCN(C(=O)c2cc4cc(Cl)ccc4[nH]2)CC3)cc1F.Cc1ccc(CN2CCC3(CC2)CN(C(=O)c2cc4cc(Cl)ccc4[nH]2)C3)cc1.O=C1CC(=O)C2(CCN(C(=O)c3cc4cc(Cl)ccc4[nH]3)CC2)N1. The number of aromatic amines is 3. The first kappa shape index (κ1) is 61.6. The number of aryl methyl sites for hydroxylation is 1. The lowest BCUT2D eigenvalue weighted by atomic mass is 9.71. The van der Waals surface area contributed by atoms with Crippen LogP contribution in [0.3, 0.4) is 0 Å². The number of nitrogens with one attached hydrogen (secondary N) is 4. The summed E-state index contributed by atoms with van der Waals surface area (Å²) in [7, 11) is 0. The largest absolute Gasteiger partial charge is 0.351 e. The lowest BCUT2D eigenvalue weighted by Crippen LogP contribution is -2.61. The highest BCUT2D eigenvalue weighted by Gasteiger charge is 2.49. The molecule has 4 N–H and O–H groups in total. The number of fused-ring (bicyclic) bond motifs is 3. The first-order valence-corrected chi connectivity index (χ1v) is 31.5. The molecule has 0 unspecified atom stereocenters. The van der Waals surface area contributed by atoms with Gasteiger partial charge in [-0.3, -0.25) is 33.7 Å². The fourth-order valence-corrected chi connectivity index (χ4v) is 14.3. The number of amides is 5. The van der Waals surface area contributed by atoms with Crippen LogP contribution in [0.15, 0.2) is 115 Å². The third-order valence-corrected chi connectivity index (χ3v) is 20.0. The minimum absolute atomic E-state index is 0.0343. The van der Waals surface area contributed by atoms with Gasteiger partial charge in [-0.2, -0.15) is 0 Å². The highest BCUT2D eigenvalue weighted by atomic mass is 35.5. The van der Waals surface area contributed by atoms with Crippen molar-refractivity contribution in [2.24, 2.45) is 10.8 Å². The van der Waals surface area contributed by atoms with E-state index in [1.807, 2.05) is 64.4 Å². The molecule has 8 aromatic rings. The maximum absolute atomic E-state index is 14.2. The van der Waals surface area contributed by atoms with Gasteiger partial charge >= 0.3 is 0 Å². The summed E-state index contributed by atoms with van der Waals surface area (Å²) in [4.78, 5) is 94.4. The summed E-state index contributed by atoms with van der Waals surface area (Å²) < 4.78 is 41.1. The van der Waals surface area contributed by atoms with Gasteiger partial charge in [0.15, 0.2) is 5.78 Å². The maximum Gasteiger partial charge on any atom is 0.273 e. The van der Waals surface area contributed by atoms with Crippen LogP contribution >= 0.6 is 34.8 Å². The van der Waals surface area contributed by atoms with Gasteiger partial charge in [-0.1, -0.05) is 64.6 Å². The smallest absolute Gasteiger partial charge is 0.273 e. The molecule has 89 heavy (non-hydrogen) atoms. The quantitative estimate of drug-likeness (QED) is 0.115. The molecule has 5 amide bonds. The second-order valence-electron chi connectivity index (χ2n) is 25.4. The fraction of sp³-hybridized carbons (Fsp3) is 0.382. The average Bonchev–Trinajstić information content (AvgIpc) is 2.37. The minimum Gasteiger partial charge on any atom is -0.351 e. The topological polar surface area (TPSA) is 178 Å². The van der Waals surface area contributed by atoms with Crippen molar-refractivity contribution >= 4 is 103 Å². The number of nitrogens with zero attached hydrogens (tertiary/aromatic N) is 5. The molecule has 6 fully saturated rings. The molecule has 9 heterocycles. The van der Waals surface area contributed by atoms with E-state index in [0.717, 1.165) is 103 Å². The Morgan fingerprint density at radius 3 is 1.37 bits per heavy atom. The summed E-state index contributed by atoms with van der Waals surface area (Å²) in [6.07, 6.45) is 6.51. The van der Waals surface area contributed by atoms with E-state index in [1.165, 1.54) is 30.0 Å². The van der Waals surface area contributed by atoms with Gasteiger partial charge in [-0.25, -0.2) is 13.2 Å². The van der Waals surface area contributed by atoms with Crippen molar-refractivity contribution in [3.05, 3.63) is 175 Å². The molecule has 6 aliphatic heterocycles. The molecular formula is C68H69Cl3F3N9O6. The predicted octanol–water partition coefficient (Wildman–Crippen LogP) is 13.0. The van der Waals surface area contributed by atoms with Crippen LogP contribution in [-0.2, 0) is 22.1 Å². The van der Waals surface area contributed by atoms with E-state index >= 15 is 0 Å². The molecule has 14 rings (SSSR count). The highest BCUT2D eigenvalue weighted by Crippen LogP contribution is 2.44. The molecule has 3 aromatic heterocycles. The van der Waals surface area contributed by atoms with Crippen LogP contribution in [-0.4, -0.2) is 146 Å². The monoisotopic (exact) mass is 1270 g/mol. The Morgan fingerprint density at radius 1 is 0.517 bits per heavy atom. The minimum atomic E-state index is -3.30. The number of hydrogen-bond acceptors (Lipinski definition) is 7. The molecule has 0 bridgehead atoms. The molecule has 0 radical (unpaired) electrons. The summed E-state index contributed by atoms with van der Waals surface area (Å²) in [5, 5.41) is 7.50. The van der Waals surface area contributed by atoms with Gasteiger partial charge < -0.3 is 39.9 Å². The lowest BCUT2D eigenvalue weighted by molar-refractivity contribution is -0.124. The molecular weight excluding hydrogens is 1200 g/mol. The van der Waals surface area contributed by atoms with Crippen LogP contribution in [0.5, 0.6) is 0 Å². The van der Waals surface area contributed by atoms with Gasteiger partial charge in [0.25, 0.3) is 29.6 Å². The molecule has 0 aliphatic carbocycles.